The van der Waals surface area contributed by atoms with E-state index in [2.05, 4.69) is 24.0 Å². The molecular formula is C25H21NO3. The lowest BCUT2D eigenvalue weighted by atomic mass is 10.1. The molecule has 0 atom stereocenters. The van der Waals surface area contributed by atoms with Crippen molar-refractivity contribution in [2.75, 3.05) is 0 Å². The summed E-state index contributed by atoms with van der Waals surface area (Å²) in [6.45, 7) is 4.54. The topological polar surface area (TPSA) is 47.9 Å². The second-order valence-corrected chi connectivity index (χ2v) is 7.00. The summed E-state index contributed by atoms with van der Waals surface area (Å²) in [4.78, 5) is 16.6. The molecule has 144 valence electrons. The first-order valence-electron chi connectivity index (χ1n) is 9.45. The van der Waals surface area contributed by atoms with E-state index in [0.29, 0.717) is 12.5 Å². The number of carbonyl (C=O) groups excluding carboxylic acids is 1. The van der Waals surface area contributed by atoms with Crippen LogP contribution in [0.5, 0.6) is 5.75 Å². The number of ether oxygens (including phenoxy) is 2. The molecule has 1 heterocycles. The summed E-state index contributed by atoms with van der Waals surface area (Å²) in [6, 6.07) is 23.5. The van der Waals surface area contributed by atoms with Gasteiger partial charge in [0.15, 0.2) is 5.70 Å². The maximum absolute atomic E-state index is 12.2. The molecule has 4 rings (SSSR count). The van der Waals surface area contributed by atoms with Crippen molar-refractivity contribution in [1.29, 1.82) is 0 Å². The van der Waals surface area contributed by atoms with Gasteiger partial charge in [-0.3, -0.25) is 0 Å². The van der Waals surface area contributed by atoms with Crippen molar-refractivity contribution >= 4 is 17.9 Å². The maximum atomic E-state index is 12.2. The zero-order valence-corrected chi connectivity index (χ0v) is 16.4. The third-order valence-electron chi connectivity index (χ3n) is 4.67. The first kappa shape index (κ1) is 18.7. The lowest BCUT2D eigenvalue weighted by Crippen LogP contribution is -2.06. The third kappa shape index (κ3) is 4.43. The van der Waals surface area contributed by atoms with Crippen LogP contribution < -0.4 is 4.74 Å². The molecule has 0 saturated carbocycles. The normalized spacial score (nSPS) is 14.6. The molecule has 4 nitrogen and oxygen atoms in total. The minimum atomic E-state index is -0.442. The number of cyclic esters (lactones) is 1. The highest BCUT2D eigenvalue weighted by Gasteiger charge is 2.24. The molecule has 0 unspecified atom stereocenters. The fourth-order valence-corrected chi connectivity index (χ4v) is 3.12. The molecule has 0 aromatic heterocycles. The van der Waals surface area contributed by atoms with Crippen LogP contribution in [0.4, 0.5) is 0 Å². The summed E-state index contributed by atoms with van der Waals surface area (Å²) in [5.74, 6) is 0.673. The summed E-state index contributed by atoms with van der Waals surface area (Å²) < 4.78 is 11.2. The monoisotopic (exact) mass is 383 g/mol. The molecule has 0 bridgehead atoms. The molecule has 1 aliphatic rings. The predicted octanol–water partition coefficient (Wildman–Crippen LogP) is 5.23. The molecule has 3 aromatic carbocycles. The van der Waals surface area contributed by atoms with E-state index in [0.717, 1.165) is 28.0 Å². The van der Waals surface area contributed by atoms with Crippen LogP contribution in [0.2, 0.25) is 0 Å². The molecule has 3 aromatic rings. The van der Waals surface area contributed by atoms with Crippen molar-refractivity contribution < 1.29 is 14.3 Å². The van der Waals surface area contributed by atoms with Crippen molar-refractivity contribution in [3.8, 4) is 5.75 Å². The number of aliphatic imine (C=N–C) groups is 1. The van der Waals surface area contributed by atoms with Gasteiger partial charge in [-0.05, 0) is 54.8 Å². The first-order valence-corrected chi connectivity index (χ1v) is 9.45. The van der Waals surface area contributed by atoms with E-state index in [1.807, 2.05) is 67.6 Å². The second-order valence-electron chi connectivity index (χ2n) is 7.00. The number of nitrogens with zero attached hydrogens (tertiary/aromatic N) is 1. The smallest absolute Gasteiger partial charge is 0.363 e. The highest BCUT2D eigenvalue weighted by atomic mass is 16.6. The van der Waals surface area contributed by atoms with E-state index < -0.39 is 5.97 Å². The lowest BCUT2D eigenvalue weighted by molar-refractivity contribution is -0.129. The highest BCUT2D eigenvalue weighted by molar-refractivity contribution is 6.13. The molecule has 0 aliphatic carbocycles. The molecule has 29 heavy (non-hydrogen) atoms. The van der Waals surface area contributed by atoms with Gasteiger partial charge < -0.3 is 9.47 Å². The van der Waals surface area contributed by atoms with E-state index in [-0.39, 0.29) is 5.70 Å². The van der Waals surface area contributed by atoms with Crippen molar-refractivity contribution in [1.82, 2.24) is 0 Å². The van der Waals surface area contributed by atoms with Crippen LogP contribution in [-0.2, 0) is 16.1 Å². The highest BCUT2D eigenvalue weighted by Crippen LogP contribution is 2.22. The quantitative estimate of drug-likeness (QED) is 0.448. The Bertz CT molecular complexity index is 1110. The Morgan fingerprint density at radius 3 is 2.52 bits per heavy atom. The summed E-state index contributed by atoms with van der Waals surface area (Å²) in [5, 5.41) is 0. The summed E-state index contributed by atoms with van der Waals surface area (Å²) in [6.07, 6.45) is 1.72. The largest absolute Gasteiger partial charge is 0.489 e. The SMILES string of the molecule is Cc1cccc(COc2ccc(/C=C3\N=C(c4ccccc4C)OC3=O)cc2)c1. The van der Waals surface area contributed by atoms with Gasteiger partial charge in [0.25, 0.3) is 0 Å². The van der Waals surface area contributed by atoms with Gasteiger partial charge in [-0.25, -0.2) is 9.79 Å². The van der Waals surface area contributed by atoms with Crippen molar-refractivity contribution in [3.05, 3.63) is 106 Å². The van der Waals surface area contributed by atoms with Crippen LogP contribution in [0, 0.1) is 13.8 Å². The third-order valence-corrected chi connectivity index (χ3v) is 4.67. The molecule has 0 N–H and O–H groups in total. The fourth-order valence-electron chi connectivity index (χ4n) is 3.12. The Hall–Kier alpha value is -3.66. The molecule has 0 spiro atoms. The maximum Gasteiger partial charge on any atom is 0.363 e. The molecule has 0 radical (unpaired) electrons. The average molecular weight is 383 g/mol. The Kier molecular flexibility index (Phi) is 5.25. The Morgan fingerprint density at radius 2 is 1.76 bits per heavy atom. The van der Waals surface area contributed by atoms with E-state index in [4.69, 9.17) is 9.47 Å². The van der Waals surface area contributed by atoms with Gasteiger partial charge in [-0.15, -0.1) is 0 Å². The van der Waals surface area contributed by atoms with Gasteiger partial charge in [0, 0.05) is 5.56 Å². The van der Waals surface area contributed by atoms with Crippen molar-refractivity contribution in [2.45, 2.75) is 20.5 Å². The van der Waals surface area contributed by atoms with Crippen LogP contribution in [0.3, 0.4) is 0 Å². The molecule has 0 amide bonds. The van der Waals surface area contributed by atoms with Crippen molar-refractivity contribution in [2.24, 2.45) is 4.99 Å². The van der Waals surface area contributed by atoms with E-state index in [9.17, 15) is 4.79 Å². The number of carbonyl (C=O) groups is 1. The Labute approximate surface area is 170 Å². The van der Waals surface area contributed by atoms with Gasteiger partial charge in [-0.1, -0.05) is 60.2 Å². The molecular weight excluding hydrogens is 362 g/mol. The number of esters is 1. The standard InChI is InChI=1S/C25H21NO3/c1-17-6-5-8-20(14-17)16-28-21-12-10-19(11-13-21)15-23-25(27)29-24(26-23)22-9-4-3-7-18(22)2/h3-15H,16H2,1-2H3/b23-15-. The molecule has 0 fully saturated rings. The average Bonchev–Trinajstić information content (AvgIpc) is 3.08. The number of hydrogen-bond acceptors (Lipinski definition) is 4. The van der Waals surface area contributed by atoms with E-state index in [1.165, 1.54) is 5.56 Å². The zero-order chi connectivity index (χ0) is 20.2. The number of rotatable bonds is 5. The van der Waals surface area contributed by atoms with E-state index >= 15 is 0 Å². The summed E-state index contributed by atoms with van der Waals surface area (Å²) >= 11 is 0. The number of hydrogen-bond donors (Lipinski definition) is 0. The van der Waals surface area contributed by atoms with Crippen LogP contribution in [0.15, 0.2) is 83.5 Å². The van der Waals surface area contributed by atoms with Gasteiger partial charge in [-0.2, -0.15) is 0 Å². The van der Waals surface area contributed by atoms with Gasteiger partial charge >= 0.3 is 5.97 Å². The lowest BCUT2D eigenvalue weighted by Gasteiger charge is -2.07. The van der Waals surface area contributed by atoms with E-state index in [1.54, 1.807) is 6.08 Å². The Balaban J connectivity index is 1.47. The van der Waals surface area contributed by atoms with Crippen molar-refractivity contribution in [3.63, 3.8) is 0 Å². The molecule has 4 heteroatoms. The first-order chi connectivity index (χ1) is 14.1. The summed E-state index contributed by atoms with van der Waals surface area (Å²) in [5.41, 5.74) is 5.32. The summed E-state index contributed by atoms with van der Waals surface area (Å²) in [7, 11) is 0. The number of aryl methyl sites for hydroxylation is 2. The minimum absolute atomic E-state index is 0.289. The fraction of sp³-hybridized carbons (Fsp3) is 0.120. The zero-order valence-electron chi connectivity index (χ0n) is 16.4. The number of benzene rings is 3. The minimum Gasteiger partial charge on any atom is -0.489 e. The van der Waals surface area contributed by atoms with Gasteiger partial charge in [0.2, 0.25) is 5.90 Å². The van der Waals surface area contributed by atoms with Gasteiger partial charge in [0.05, 0.1) is 0 Å². The Morgan fingerprint density at radius 1 is 0.966 bits per heavy atom. The van der Waals surface area contributed by atoms with Crippen LogP contribution in [0.25, 0.3) is 6.08 Å². The molecule has 0 saturated heterocycles. The van der Waals surface area contributed by atoms with Gasteiger partial charge in [0.1, 0.15) is 12.4 Å². The predicted molar refractivity (Wildman–Crippen MR) is 114 cm³/mol. The van der Waals surface area contributed by atoms with Crippen LogP contribution in [-0.4, -0.2) is 11.9 Å². The van der Waals surface area contributed by atoms with Crippen LogP contribution in [0.1, 0.15) is 27.8 Å². The molecule has 1 aliphatic heterocycles. The second kappa shape index (κ2) is 8.15. The van der Waals surface area contributed by atoms with Crippen LogP contribution >= 0.6 is 0 Å².